The first-order chi connectivity index (χ1) is 11.5. The van der Waals surface area contributed by atoms with Gasteiger partial charge in [-0.15, -0.1) is 5.10 Å². The molecule has 1 aromatic carbocycles. The smallest absolute Gasteiger partial charge is 0.298 e. The summed E-state index contributed by atoms with van der Waals surface area (Å²) in [4.78, 5) is 23.3. The van der Waals surface area contributed by atoms with Crippen molar-refractivity contribution < 1.29 is 4.79 Å². The highest BCUT2D eigenvalue weighted by Gasteiger charge is 2.27. The van der Waals surface area contributed by atoms with Crippen molar-refractivity contribution in [1.29, 1.82) is 0 Å². The van der Waals surface area contributed by atoms with Gasteiger partial charge in [0.05, 0.1) is 0 Å². The number of fused-ring (bicyclic) bond motifs is 2. The van der Waals surface area contributed by atoms with Crippen molar-refractivity contribution in [1.82, 2.24) is 19.6 Å². The molecule has 0 fully saturated rings. The summed E-state index contributed by atoms with van der Waals surface area (Å²) in [6.07, 6.45) is 3.63. The fourth-order valence-electron chi connectivity index (χ4n) is 3.40. The number of carbonyl (C=O) groups excluding carboxylic acids is 1. The molecule has 0 radical (unpaired) electrons. The molecule has 0 unspecified atom stereocenters. The van der Waals surface area contributed by atoms with E-state index in [9.17, 15) is 4.79 Å². The lowest BCUT2D eigenvalue weighted by atomic mass is 9.95. The summed E-state index contributed by atoms with van der Waals surface area (Å²) < 4.78 is 1.61. The number of benzene rings is 1. The zero-order valence-corrected chi connectivity index (χ0v) is 14.1. The first kappa shape index (κ1) is 14.8. The molecule has 2 aromatic heterocycles. The molecule has 0 N–H and O–H groups in total. The quantitative estimate of drug-likeness (QED) is 0.691. The Labute approximate surface area is 140 Å². The average molecular weight is 321 g/mol. The minimum absolute atomic E-state index is 0.161. The molecule has 0 bridgehead atoms. The number of hydrogen-bond donors (Lipinski definition) is 0. The number of hydrogen-bond acceptors (Lipinski definition) is 4. The second kappa shape index (κ2) is 5.40. The average Bonchev–Trinajstić information content (AvgIpc) is 2.99. The van der Waals surface area contributed by atoms with E-state index in [0.717, 1.165) is 29.8 Å². The molecule has 0 saturated heterocycles. The molecule has 0 atom stereocenters. The highest BCUT2D eigenvalue weighted by atomic mass is 16.2. The van der Waals surface area contributed by atoms with E-state index >= 15 is 0 Å². The number of aromatic nitrogens is 4. The molecule has 6 heteroatoms. The van der Waals surface area contributed by atoms with Crippen LogP contribution in [0.5, 0.6) is 0 Å². The molecule has 24 heavy (non-hydrogen) atoms. The summed E-state index contributed by atoms with van der Waals surface area (Å²) in [7, 11) is 0. The Morgan fingerprint density at radius 3 is 2.83 bits per heavy atom. The summed E-state index contributed by atoms with van der Waals surface area (Å²) in [5, 5.41) is 4.36. The lowest BCUT2D eigenvalue weighted by molar-refractivity contribution is 0.0975. The van der Waals surface area contributed by atoms with Crippen LogP contribution >= 0.6 is 0 Å². The number of nitrogens with zero attached hydrogens (tertiary/aromatic N) is 5. The Morgan fingerprint density at radius 1 is 1.21 bits per heavy atom. The SMILES string of the molecule is Cc1cc(C)c2c(c1)N(C(=O)c1nc3nccc(C)n3n1)CCC2. The Balaban J connectivity index is 1.79. The number of amides is 1. The minimum Gasteiger partial charge on any atom is -0.305 e. The maximum atomic E-state index is 13.0. The van der Waals surface area contributed by atoms with E-state index < -0.39 is 0 Å². The molecule has 3 heterocycles. The predicted octanol–water partition coefficient (Wildman–Crippen LogP) is 2.64. The summed E-state index contributed by atoms with van der Waals surface area (Å²) in [6.45, 7) is 6.77. The van der Waals surface area contributed by atoms with Crippen molar-refractivity contribution in [3.63, 3.8) is 0 Å². The number of rotatable bonds is 1. The van der Waals surface area contributed by atoms with Crippen molar-refractivity contribution in [3.05, 3.63) is 52.6 Å². The number of anilines is 1. The summed E-state index contributed by atoms with van der Waals surface area (Å²) in [5.41, 5.74) is 5.54. The van der Waals surface area contributed by atoms with Crippen molar-refractivity contribution in [2.45, 2.75) is 33.6 Å². The molecule has 6 nitrogen and oxygen atoms in total. The van der Waals surface area contributed by atoms with E-state index in [4.69, 9.17) is 0 Å². The van der Waals surface area contributed by atoms with Crippen LogP contribution in [-0.4, -0.2) is 32.0 Å². The molecule has 3 aromatic rings. The van der Waals surface area contributed by atoms with E-state index in [-0.39, 0.29) is 11.7 Å². The molecular formula is C18H19N5O. The molecular weight excluding hydrogens is 302 g/mol. The van der Waals surface area contributed by atoms with Gasteiger partial charge >= 0.3 is 0 Å². The highest BCUT2D eigenvalue weighted by Crippen LogP contribution is 2.31. The molecule has 1 aliphatic rings. The first-order valence-corrected chi connectivity index (χ1v) is 8.15. The van der Waals surface area contributed by atoms with Crippen LogP contribution in [0.3, 0.4) is 0 Å². The van der Waals surface area contributed by atoms with Gasteiger partial charge in [0.1, 0.15) is 0 Å². The molecule has 1 amide bonds. The Morgan fingerprint density at radius 2 is 2.04 bits per heavy atom. The van der Waals surface area contributed by atoms with Crippen molar-refractivity contribution in [2.75, 3.05) is 11.4 Å². The van der Waals surface area contributed by atoms with Gasteiger partial charge in [-0.2, -0.15) is 4.98 Å². The third kappa shape index (κ3) is 2.26. The fraction of sp³-hybridized carbons (Fsp3) is 0.333. The fourth-order valence-corrected chi connectivity index (χ4v) is 3.40. The zero-order chi connectivity index (χ0) is 16.8. The van der Waals surface area contributed by atoms with Gasteiger partial charge in [0, 0.05) is 24.1 Å². The van der Waals surface area contributed by atoms with E-state index in [1.807, 2.05) is 17.9 Å². The van der Waals surface area contributed by atoms with Crippen LogP contribution < -0.4 is 4.90 Å². The van der Waals surface area contributed by atoms with Crippen LogP contribution in [0, 0.1) is 20.8 Å². The van der Waals surface area contributed by atoms with Gasteiger partial charge in [0.25, 0.3) is 11.7 Å². The largest absolute Gasteiger partial charge is 0.305 e. The number of carbonyl (C=O) groups is 1. The van der Waals surface area contributed by atoms with Crippen LogP contribution in [0.2, 0.25) is 0 Å². The second-order valence-electron chi connectivity index (χ2n) is 6.37. The third-order valence-corrected chi connectivity index (χ3v) is 4.56. The monoisotopic (exact) mass is 321 g/mol. The predicted molar refractivity (Wildman–Crippen MR) is 91.4 cm³/mol. The maximum absolute atomic E-state index is 13.0. The van der Waals surface area contributed by atoms with Crippen LogP contribution in [0.4, 0.5) is 5.69 Å². The van der Waals surface area contributed by atoms with Gasteiger partial charge in [0.2, 0.25) is 5.82 Å². The van der Waals surface area contributed by atoms with E-state index in [2.05, 4.69) is 41.0 Å². The molecule has 1 aliphatic heterocycles. The van der Waals surface area contributed by atoms with Crippen LogP contribution in [-0.2, 0) is 6.42 Å². The van der Waals surface area contributed by atoms with Crippen LogP contribution in [0.15, 0.2) is 24.4 Å². The van der Waals surface area contributed by atoms with E-state index in [0.29, 0.717) is 12.3 Å². The lowest BCUT2D eigenvalue weighted by Gasteiger charge is -2.30. The van der Waals surface area contributed by atoms with Gasteiger partial charge in [0.15, 0.2) is 0 Å². The summed E-state index contributed by atoms with van der Waals surface area (Å²) in [6, 6.07) is 6.10. The summed E-state index contributed by atoms with van der Waals surface area (Å²) >= 11 is 0. The molecule has 122 valence electrons. The third-order valence-electron chi connectivity index (χ3n) is 4.56. The molecule has 0 saturated carbocycles. The molecule has 0 aliphatic carbocycles. The standard InChI is InChI=1S/C18H19N5O/c1-11-9-12(2)14-5-4-8-22(15(14)10-11)17(24)16-20-18-19-7-6-13(3)23(18)21-16/h6-7,9-10H,4-5,8H2,1-3H3. The minimum atomic E-state index is -0.161. The van der Waals surface area contributed by atoms with Gasteiger partial charge in [-0.1, -0.05) is 6.07 Å². The van der Waals surface area contributed by atoms with Crippen LogP contribution in [0.1, 0.15) is 39.4 Å². The first-order valence-electron chi connectivity index (χ1n) is 8.15. The van der Waals surface area contributed by atoms with Crippen molar-refractivity contribution in [3.8, 4) is 0 Å². The highest BCUT2D eigenvalue weighted by molar-refractivity contribution is 6.04. The van der Waals surface area contributed by atoms with Crippen molar-refractivity contribution in [2.24, 2.45) is 0 Å². The van der Waals surface area contributed by atoms with Gasteiger partial charge < -0.3 is 4.90 Å². The van der Waals surface area contributed by atoms with Gasteiger partial charge in [-0.25, -0.2) is 9.50 Å². The normalized spacial score (nSPS) is 14.0. The lowest BCUT2D eigenvalue weighted by Crippen LogP contribution is -2.36. The topological polar surface area (TPSA) is 63.4 Å². The van der Waals surface area contributed by atoms with E-state index in [1.54, 1.807) is 10.7 Å². The zero-order valence-electron chi connectivity index (χ0n) is 14.1. The van der Waals surface area contributed by atoms with Crippen LogP contribution in [0.25, 0.3) is 5.78 Å². The Hall–Kier alpha value is -2.76. The number of aryl methyl sites for hydroxylation is 3. The Bertz CT molecular complexity index is 959. The maximum Gasteiger partial charge on any atom is 0.298 e. The Kier molecular flexibility index (Phi) is 3.33. The van der Waals surface area contributed by atoms with E-state index in [1.165, 1.54) is 11.1 Å². The van der Waals surface area contributed by atoms with Gasteiger partial charge in [-0.05, 0) is 62.4 Å². The molecule has 0 spiro atoms. The van der Waals surface area contributed by atoms with Crippen molar-refractivity contribution >= 4 is 17.4 Å². The second-order valence-corrected chi connectivity index (χ2v) is 6.37. The van der Waals surface area contributed by atoms with Gasteiger partial charge in [-0.3, -0.25) is 4.79 Å². The molecule has 4 rings (SSSR count). The summed E-state index contributed by atoms with van der Waals surface area (Å²) in [5.74, 6) is 0.491.